The minimum Gasteiger partial charge on any atom is -0.414 e. The number of unbranched alkanes of at least 4 members (excludes halogenated alkanes) is 1. The molecule has 2 unspecified atom stereocenters. The van der Waals surface area contributed by atoms with Gasteiger partial charge in [0.25, 0.3) is 0 Å². The second-order valence-electron chi connectivity index (χ2n) is 37.1. The number of sulfone groups is 1. The number of fused-ring (bicyclic) bond motifs is 2. The summed E-state index contributed by atoms with van der Waals surface area (Å²) in [5.41, 5.74) is 0.772. The summed E-state index contributed by atoms with van der Waals surface area (Å²) < 4.78 is 137. The van der Waals surface area contributed by atoms with E-state index >= 15 is 8.42 Å². The number of aliphatic hydroxyl groups is 1. The van der Waals surface area contributed by atoms with Gasteiger partial charge in [-0.15, -0.1) is 0 Å². The van der Waals surface area contributed by atoms with Crippen LogP contribution in [0, 0.1) is 0 Å². The molecule has 6 saturated heterocycles. The summed E-state index contributed by atoms with van der Waals surface area (Å²) in [4.78, 5) is 0.0898. The van der Waals surface area contributed by atoms with Crippen LogP contribution in [0.4, 0.5) is 0 Å². The molecule has 0 aromatic heterocycles. The average molecular weight is 1530 g/mol. The first-order chi connectivity index (χ1) is 47.3. The van der Waals surface area contributed by atoms with Crippen LogP contribution < -0.4 is 0 Å². The lowest BCUT2D eigenvalue weighted by atomic mass is 9.86. The Morgan fingerprint density at radius 2 is 1.08 bits per heavy atom. The largest absolute Gasteiger partial charge is 0.414 e. The standard InChI is InChI=1S/C80H138O18SSi4/c1-29-30-31-32-33-34-35-36-37-38-39-43-46-63(99(82,83)56-44-41-40-42-45-56)64(81)70-73(96-80(18,19)95-70)72-68-61(90-78(14,15)93-68)52-59(88-72)66(85-54-84-49-50-100(20,21)22)65(98-103(27,28)76(9,10)11)55(2)47-48-57(97-102(25,26)75(6,7)8)58-51-60-67(92-77(12,13)89-60)71(87-58)69-62(91-79(16,17)94-69)53-86-101(23,24)74(3,4)5/h29-31,34-42,44-45,57-73,81H,1-2,32-33,43,46-54H2,3-28H3/b31-30+,35-34+,37-36+,39-38+/t57-,58-,59-,60-,61-,62-,63?,64?,65-,66+,67-,68-,69+,70-,71-,72-,73+/m1/s1. The first-order valence-electron chi connectivity index (χ1n) is 38.1. The van der Waals surface area contributed by atoms with Crippen molar-refractivity contribution in [1.82, 2.24) is 0 Å². The zero-order valence-electron chi connectivity index (χ0n) is 68.1. The van der Waals surface area contributed by atoms with Gasteiger partial charge in [0.1, 0.15) is 67.8 Å². The Balaban J connectivity index is 1.28. The molecular formula is C80H138O18SSi4. The van der Waals surface area contributed by atoms with E-state index in [1.54, 1.807) is 50.3 Å². The second-order valence-corrected chi connectivity index (χ2v) is 59.2. The fourth-order valence-corrected chi connectivity index (χ4v) is 20.0. The normalized spacial score (nSPS) is 30.1. The highest BCUT2D eigenvalue weighted by Crippen LogP contribution is 2.50. The van der Waals surface area contributed by atoms with Crippen molar-refractivity contribution in [2.75, 3.05) is 20.0 Å². The van der Waals surface area contributed by atoms with Gasteiger partial charge in [0.05, 0.1) is 53.4 Å². The van der Waals surface area contributed by atoms with Gasteiger partial charge in [0.15, 0.2) is 57.9 Å². The molecule has 17 atom stereocenters. The van der Waals surface area contributed by atoms with E-state index in [9.17, 15) is 5.11 Å². The average Bonchev–Trinajstić information content (AvgIpc) is 1.63. The Morgan fingerprint density at radius 1 is 0.592 bits per heavy atom. The van der Waals surface area contributed by atoms with E-state index in [1.807, 2.05) is 78.0 Å². The minimum absolute atomic E-state index is 0.0278. The molecule has 1 N–H and O–H groups in total. The van der Waals surface area contributed by atoms with E-state index in [4.69, 9.17) is 76.7 Å². The summed E-state index contributed by atoms with van der Waals surface area (Å²) in [5.74, 6) is -4.22. The Hall–Kier alpha value is -2.16. The van der Waals surface area contributed by atoms with Crippen molar-refractivity contribution in [1.29, 1.82) is 0 Å². The number of rotatable bonds is 35. The number of hydrogen-bond donors (Lipinski definition) is 1. The molecule has 6 aliphatic rings. The van der Waals surface area contributed by atoms with Crippen LogP contribution in [0.15, 0.2) is 109 Å². The summed E-state index contributed by atoms with van der Waals surface area (Å²) in [6.45, 7) is 65.3. The van der Waals surface area contributed by atoms with Crippen molar-refractivity contribution < 1.29 is 83.6 Å². The predicted octanol–water partition coefficient (Wildman–Crippen LogP) is 17.4. The maximum atomic E-state index is 15.1. The molecular weight excluding hydrogens is 1390 g/mol. The summed E-state index contributed by atoms with van der Waals surface area (Å²) in [6, 6.07) is 9.21. The Labute approximate surface area is 626 Å². The van der Waals surface area contributed by atoms with Gasteiger partial charge >= 0.3 is 0 Å². The Bertz CT molecular complexity index is 3140. The summed E-state index contributed by atoms with van der Waals surface area (Å²) in [6.07, 6.45) is 9.29. The lowest BCUT2D eigenvalue weighted by Gasteiger charge is -2.48. The van der Waals surface area contributed by atoms with Gasteiger partial charge < -0.3 is 75.2 Å². The number of hydrogen-bond acceptors (Lipinski definition) is 18. The van der Waals surface area contributed by atoms with Crippen molar-refractivity contribution in [2.24, 2.45) is 0 Å². The maximum absolute atomic E-state index is 15.1. The lowest BCUT2D eigenvalue weighted by Crippen LogP contribution is -2.61. The number of aliphatic hydroxyl groups excluding tert-OH is 1. The number of allylic oxidation sites excluding steroid dienone is 9. The fraction of sp³-hybridized carbons (Fsp3) is 0.775. The van der Waals surface area contributed by atoms with Gasteiger partial charge in [0, 0.05) is 27.5 Å². The highest BCUT2D eigenvalue weighted by molar-refractivity contribution is 7.92. The van der Waals surface area contributed by atoms with E-state index < -0.39 is 163 Å². The molecule has 103 heavy (non-hydrogen) atoms. The Kier molecular flexibility index (Phi) is 29.6. The van der Waals surface area contributed by atoms with E-state index in [-0.39, 0.29) is 39.3 Å². The van der Waals surface area contributed by atoms with Gasteiger partial charge in [-0.25, -0.2) is 8.42 Å². The molecule has 0 aliphatic carbocycles. The van der Waals surface area contributed by atoms with E-state index in [2.05, 4.69) is 140 Å². The molecule has 6 aliphatic heterocycles. The first-order valence-corrected chi connectivity index (χ1v) is 52.1. The molecule has 23 heteroatoms. The molecule has 18 nitrogen and oxygen atoms in total. The number of benzene rings is 1. The van der Waals surface area contributed by atoms with Gasteiger partial charge in [-0.3, -0.25) is 0 Å². The van der Waals surface area contributed by atoms with Crippen molar-refractivity contribution in [2.45, 2.75) is 380 Å². The fourth-order valence-electron chi connectivity index (χ4n) is 13.7. The van der Waals surface area contributed by atoms with Crippen molar-refractivity contribution in [3.63, 3.8) is 0 Å². The van der Waals surface area contributed by atoms with Crippen LogP contribution >= 0.6 is 0 Å². The number of ether oxygens (including phenoxy) is 12. The molecule has 1 aromatic carbocycles. The van der Waals surface area contributed by atoms with Crippen LogP contribution in [0.25, 0.3) is 0 Å². The van der Waals surface area contributed by atoms with Crippen LogP contribution in [-0.2, 0) is 80.0 Å². The first kappa shape index (κ1) is 88.1. The molecule has 1 aromatic rings. The molecule has 0 spiro atoms. The third-order valence-corrected chi connectivity index (χ3v) is 39.8. The zero-order chi connectivity index (χ0) is 77.0. The van der Waals surface area contributed by atoms with Gasteiger partial charge in [-0.2, -0.15) is 0 Å². The van der Waals surface area contributed by atoms with E-state index in [1.165, 1.54) is 0 Å². The maximum Gasteiger partial charge on any atom is 0.193 e. The Morgan fingerprint density at radius 3 is 1.63 bits per heavy atom. The third-order valence-electron chi connectivity index (χ3n) is 22.4. The second kappa shape index (κ2) is 34.6. The van der Waals surface area contributed by atoms with Gasteiger partial charge in [0.2, 0.25) is 0 Å². The highest BCUT2D eigenvalue weighted by atomic mass is 32.2. The molecule has 7 rings (SSSR count). The van der Waals surface area contributed by atoms with Crippen LogP contribution in [0.5, 0.6) is 0 Å². The monoisotopic (exact) mass is 1530 g/mol. The van der Waals surface area contributed by atoms with Gasteiger partial charge in [-0.1, -0.05) is 168 Å². The lowest BCUT2D eigenvalue weighted by molar-refractivity contribution is -0.237. The minimum atomic E-state index is -4.20. The molecule has 588 valence electrons. The van der Waals surface area contributed by atoms with Gasteiger partial charge in [-0.05, 0) is 172 Å². The van der Waals surface area contributed by atoms with Crippen LogP contribution in [-0.4, -0.2) is 193 Å². The van der Waals surface area contributed by atoms with Crippen molar-refractivity contribution in [3.05, 3.63) is 104 Å². The predicted molar refractivity (Wildman–Crippen MR) is 420 cm³/mol. The zero-order valence-corrected chi connectivity index (χ0v) is 72.9. The molecule has 0 saturated carbocycles. The van der Waals surface area contributed by atoms with Crippen LogP contribution in [0.3, 0.4) is 0 Å². The molecule has 6 fully saturated rings. The summed E-state index contributed by atoms with van der Waals surface area (Å²) in [7, 11) is -13.3. The summed E-state index contributed by atoms with van der Waals surface area (Å²) in [5, 5.41) is 11.3. The molecule has 6 heterocycles. The quantitative estimate of drug-likeness (QED) is 0.0221. The SMILES string of the molecule is C=C/C=C/CC/C=C/C=C/C=C/CCC(C(O)[C@H]1OC(C)(C)O[C@@H]1[C@@H]1O[C@@H]([C@H](OCOCC[Si](C)(C)C)[C@H](O[Si](C)(C)C(C)(C)C)C(=C)CC[C@@H](O[Si](C)(C)C(C)(C)C)[C@H]2C[C@H]3OC(C)(C)O[C@H]3[C@H]([C@H]3OC(C)(C)O[C@@H]3CO[Si](C)(C)C(C)(C)C)O2)C[C@H]2OC(C)(C)O[C@@H]12)S(=O)(=O)c1ccccc1. The topological polar surface area (TPSA) is 193 Å². The summed E-state index contributed by atoms with van der Waals surface area (Å²) >= 11 is 0. The van der Waals surface area contributed by atoms with E-state index in [0.29, 0.717) is 45.3 Å². The molecule has 0 radical (unpaired) electrons. The van der Waals surface area contributed by atoms with Crippen molar-refractivity contribution in [3.8, 4) is 0 Å². The third kappa shape index (κ3) is 23.7. The van der Waals surface area contributed by atoms with Crippen LogP contribution in [0.1, 0.15) is 169 Å². The van der Waals surface area contributed by atoms with E-state index in [0.717, 1.165) is 24.5 Å². The molecule has 0 bridgehead atoms. The van der Waals surface area contributed by atoms with Crippen LogP contribution in [0.2, 0.25) is 80.1 Å². The highest BCUT2D eigenvalue weighted by Gasteiger charge is 2.63. The molecule has 0 amide bonds. The smallest absolute Gasteiger partial charge is 0.193 e. The van der Waals surface area contributed by atoms with Crippen molar-refractivity contribution >= 4 is 42.9 Å².